The SMILES string of the molecule is FC(F)(F)SCCNCc1ccncn1. The van der Waals surface area contributed by atoms with Crippen LogP contribution < -0.4 is 5.32 Å². The van der Waals surface area contributed by atoms with Gasteiger partial charge in [0.2, 0.25) is 0 Å². The molecule has 7 heteroatoms. The average molecular weight is 237 g/mol. The van der Waals surface area contributed by atoms with Crippen LogP contribution in [0.3, 0.4) is 0 Å². The molecule has 1 aromatic rings. The fourth-order valence-corrected chi connectivity index (χ4v) is 1.36. The van der Waals surface area contributed by atoms with Crippen LogP contribution in [0.2, 0.25) is 0 Å². The summed E-state index contributed by atoms with van der Waals surface area (Å²) in [6.45, 7) is 0.759. The smallest absolute Gasteiger partial charge is 0.310 e. The molecule has 0 bridgehead atoms. The Morgan fingerprint density at radius 2 is 2.20 bits per heavy atom. The number of aromatic nitrogens is 2. The molecule has 1 heterocycles. The summed E-state index contributed by atoms with van der Waals surface area (Å²) in [4.78, 5) is 7.65. The lowest BCUT2D eigenvalue weighted by atomic mass is 10.4. The van der Waals surface area contributed by atoms with Gasteiger partial charge in [0.1, 0.15) is 6.33 Å². The van der Waals surface area contributed by atoms with E-state index in [1.165, 1.54) is 6.33 Å². The molecule has 3 nitrogen and oxygen atoms in total. The quantitative estimate of drug-likeness (QED) is 0.793. The van der Waals surface area contributed by atoms with Gasteiger partial charge in [-0.2, -0.15) is 13.2 Å². The fraction of sp³-hybridized carbons (Fsp3) is 0.500. The Morgan fingerprint density at radius 3 is 2.80 bits per heavy atom. The molecule has 0 saturated heterocycles. The van der Waals surface area contributed by atoms with Gasteiger partial charge >= 0.3 is 5.51 Å². The van der Waals surface area contributed by atoms with Crippen molar-refractivity contribution in [2.24, 2.45) is 0 Å². The lowest BCUT2D eigenvalue weighted by Crippen LogP contribution is -2.18. The summed E-state index contributed by atoms with van der Waals surface area (Å²) in [7, 11) is 0. The standard InChI is InChI=1S/C8H10F3N3S/c9-8(10,11)15-4-3-12-5-7-1-2-13-6-14-7/h1-2,6,12H,3-5H2. The monoisotopic (exact) mass is 237 g/mol. The Morgan fingerprint density at radius 1 is 1.40 bits per heavy atom. The van der Waals surface area contributed by atoms with Crippen LogP contribution in [0.15, 0.2) is 18.6 Å². The molecule has 0 radical (unpaired) electrons. The van der Waals surface area contributed by atoms with E-state index >= 15 is 0 Å². The van der Waals surface area contributed by atoms with Gasteiger partial charge < -0.3 is 5.32 Å². The molecule has 0 atom stereocenters. The minimum absolute atomic E-state index is 0.00852. The second-order valence-corrected chi connectivity index (χ2v) is 3.83. The zero-order valence-electron chi connectivity index (χ0n) is 7.79. The van der Waals surface area contributed by atoms with E-state index in [0.29, 0.717) is 13.1 Å². The number of hydrogen-bond donors (Lipinski definition) is 1. The Kier molecular flexibility index (Phi) is 4.83. The number of rotatable bonds is 5. The Labute approximate surface area is 89.5 Å². The number of nitrogens with one attached hydrogen (secondary N) is 1. The van der Waals surface area contributed by atoms with E-state index in [0.717, 1.165) is 5.69 Å². The van der Waals surface area contributed by atoms with Crippen molar-refractivity contribution in [3.63, 3.8) is 0 Å². The first-order chi connectivity index (χ1) is 7.08. The molecule has 0 aliphatic rings. The van der Waals surface area contributed by atoms with E-state index in [1.54, 1.807) is 12.3 Å². The van der Waals surface area contributed by atoms with E-state index in [-0.39, 0.29) is 17.5 Å². The van der Waals surface area contributed by atoms with E-state index in [9.17, 15) is 13.2 Å². The molecule has 84 valence electrons. The van der Waals surface area contributed by atoms with E-state index < -0.39 is 5.51 Å². The molecule has 0 aromatic carbocycles. The zero-order chi connectivity index (χ0) is 11.1. The van der Waals surface area contributed by atoms with Gasteiger partial charge in [-0.15, -0.1) is 0 Å². The van der Waals surface area contributed by atoms with Crippen molar-refractivity contribution in [1.29, 1.82) is 0 Å². The van der Waals surface area contributed by atoms with Crippen LogP contribution in [-0.4, -0.2) is 27.8 Å². The van der Waals surface area contributed by atoms with Crippen molar-refractivity contribution >= 4 is 11.8 Å². The third kappa shape index (κ3) is 6.29. The second kappa shape index (κ2) is 5.92. The van der Waals surface area contributed by atoms with Gasteiger partial charge in [-0.05, 0) is 17.8 Å². The molecule has 0 saturated carbocycles. The highest BCUT2D eigenvalue weighted by Crippen LogP contribution is 2.29. The Bertz CT molecular complexity index is 278. The van der Waals surface area contributed by atoms with Crippen molar-refractivity contribution in [2.45, 2.75) is 12.1 Å². The van der Waals surface area contributed by atoms with Crippen LogP contribution in [0.4, 0.5) is 13.2 Å². The number of halogens is 3. The predicted molar refractivity (Wildman–Crippen MR) is 52.3 cm³/mol. The summed E-state index contributed by atoms with van der Waals surface area (Å²) >= 11 is -0.0265. The lowest BCUT2D eigenvalue weighted by molar-refractivity contribution is -0.0327. The first-order valence-electron chi connectivity index (χ1n) is 4.24. The van der Waals surface area contributed by atoms with E-state index in [2.05, 4.69) is 15.3 Å². The number of thioether (sulfide) groups is 1. The topological polar surface area (TPSA) is 37.8 Å². The molecular weight excluding hydrogens is 227 g/mol. The molecule has 0 amide bonds. The molecule has 1 rings (SSSR count). The van der Waals surface area contributed by atoms with Crippen LogP contribution in [0.1, 0.15) is 5.69 Å². The van der Waals surface area contributed by atoms with Crippen LogP contribution in [0, 0.1) is 0 Å². The van der Waals surface area contributed by atoms with Gasteiger partial charge in [0.15, 0.2) is 0 Å². The fourth-order valence-electron chi connectivity index (χ4n) is 0.878. The molecule has 0 spiro atoms. The summed E-state index contributed by atoms with van der Waals surface area (Å²) in [6.07, 6.45) is 3.00. The second-order valence-electron chi connectivity index (χ2n) is 2.67. The summed E-state index contributed by atoms with van der Waals surface area (Å²) in [6, 6.07) is 1.71. The average Bonchev–Trinajstić information content (AvgIpc) is 2.17. The van der Waals surface area contributed by atoms with Crippen molar-refractivity contribution in [2.75, 3.05) is 12.3 Å². The van der Waals surface area contributed by atoms with Gasteiger partial charge in [0, 0.05) is 25.0 Å². The van der Waals surface area contributed by atoms with Crippen molar-refractivity contribution in [1.82, 2.24) is 15.3 Å². The Hall–Kier alpha value is -0.820. The van der Waals surface area contributed by atoms with Gasteiger partial charge in [-0.3, -0.25) is 0 Å². The molecular formula is C8H10F3N3S. The largest absolute Gasteiger partial charge is 0.441 e. The number of nitrogens with zero attached hydrogens (tertiary/aromatic N) is 2. The maximum absolute atomic E-state index is 11.7. The molecule has 0 unspecified atom stereocenters. The Balaban J connectivity index is 2.08. The summed E-state index contributed by atoms with van der Waals surface area (Å²) in [5, 5.41) is 2.86. The maximum atomic E-state index is 11.7. The zero-order valence-corrected chi connectivity index (χ0v) is 8.61. The van der Waals surface area contributed by atoms with Crippen LogP contribution in [0.5, 0.6) is 0 Å². The first-order valence-corrected chi connectivity index (χ1v) is 5.23. The highest BCUT2D eigenvalue weighted by atomic mass is 32.2. The van der Waals surface area contributed by atoms with Gasteiger partial charge in [-0.1, -0.05) is 0 Å². The van der Waals surface area contributed by atoms with Gasteiger partial charge in [0.25, 0.3) is 0 Å². The van der Waals surface area contributed by atoms with Crippen molar-refractivity contribution < 1.29 is 13.2 Å². The van der Waals surface area contributed by atoms with Crippen LogP contribution in [-0.2, 0) is 6.54 Å². The normalized spacial score (nSPS) is 11.7. The summed E-state index contributed by atoms with van der Waals surface area (Å²) in [5.41, 5.74) is -3.38. The molecule has 0 aliphatic heterocycles. The molecule has 1 N–H and O–H groups in total. The van der Waals surface area contributed by atoms with Gasteiger partial charge in [-0.25, -0.2) is 9.97 Å². The van der Waals surface area contributed by atoms with Gasteiger partial charge in [0.05, 0.1) is 5.69 Å². The van der Waals surface area contributed by atoms with Crippen LogP contribution >= 0.6 is 11.8 Å². The van der Waals surface area contributed by atoms with E-state index in [4.69, 9.17) is 0 Å². The minimum Gasteiger partial charge on any atom is -0.310 e. The molecule has 1 aromatic heterocycles. The highest BCUT2D eigenvalue weighted by molar-refractivity contribution is 8.00. The predicted octanol–water partition coefficient (Wildman–Crippen LogP) is 1.82. The third-order valence-corrected chi connectivity index (χ3v) is 2.23. The first kappa shape index (κ1) is 12.3. The highest BCUT2D eigenvalue weighted by Gasteiger charge is 2.27. The maximum Gasteiger partial charge on any atom is 0.441 e. The third-order valence-electron chi connectivity index (χ3n) is 1.49. The summed E-state index contributed by atoms with van der Waals surface area (Å²) < 4.78 is 35.2. The lowest BCUT2D eigenvalue weighted by Gasteiger charge is -2.06. The number of alkyl halides is 3. The van der Waals surface area contributed by atoms with E-state index in [1.807, 2.05) is 0 Å². The van der Waals surface area contributed by atoms with Crippen LogP contribution in [0.25, 0.3) is 0 Å². The minimum atomic E-state index is -4.14. The molecule has 0 fully saturated rings. The van der Waals surface area contributed by atoms with Crippen molar-refractivity contribution in [3.05, 3.63) is 24.3 Å². The summed E-state index contributed by atoms with van der Waals surface area (Å²) in [5.74, 6) is 0.00852. The van der Waals surface area contributed by atoms with Crippen molar-refractivity contribution in [3.8, 4) is 0 Å². The molecule has 15 heavy (non-hydrogen) atoms. The molecule has 0 aliphatic carbocycles. The number of hydrogen-bond acceptors (Lipinski definition) is 4.